The van der Waals surface area contributed by atoms with Crippen molar-refractivity contribution in [2.75, 3.05) is 6.61 Å². The zero-order chi connectivity index (χ0) is 22.5. The summed E-state index contributed by atoms with van der Waals surface area (Å²) in [7, 11) is -4.65. The van der Waals surface area contributed by atoms with E-state index < -0.39 is 26.6 Å². The average molecular weight is 453 g/mol. The Morgan fingerprint density at radius 3 is 1.30 bits per heavy atom. The Morgan fingerprint density at radius 1 is 0.667 bits per heavy atom. The number of phosphoric ester groups is 1. The molecule has 0 rings (SSSR count). The van der Waals surface area contributed by atoms with E-state index in [2.05, 4.69) is 11.4 Å². The van der Waals surface area contributed by atoms with Gasteiger partial charge < -0.3 is 20.0 Å². The van der Waals surface area contributed by atoms with E-state index in [0.717, 1.165) is 19.3 Å². The largest absolute Gasteiger partial charge is 0.469 e. The maximum atomic E-state index is 10.9. The van der Waals surface area contributed by atoms with Crippen molar-refractivity contribution in [3.05, 3.63) is 0 Å². The molecule has 0 saturated carbocycles. The molecule has 0 aromatic carbocycles. The van der Waals surface area contributed by atoms with Crippen LogP contribution in [0.15, 0.2) is 0 Å². The fourth-order valence-corrected chi connectivity index (χ4v) is 4.46. The zero-order valence-electron chi connectivity index (χ0n) is 19.3. The molecular weight excluding hydrogens is 403 g/mol. The topological polar surface area (TPSA) is 107 Å². The fourth-order valence-electron chi connectivity index (χ4n) is 3.86. The van der Waals surface area contributed by atoms with Gasteiger partial charge in [-0.15, -0.1) is 0 Å². The summed E-state index contributed by atoms with van der Waals surface area (Å²) in [6, 6.07) is 0. The maximum Gasteiger partial charge on any atom is 0.469 e. The molecule has 30 heavy (non-hydrogen) atoms. The number of phosphoric acid groups is 1. The lowest BCUT2D eigenvalue weighted by Gasteiger charge is -2.21. The first-order valence-corrected chi connectivity index (χ1v) is 14.0. The van der Waals surface area contributed by atoms with Crippen LogP contribution in [-0.4, -0.2) is 38.8 Å². The molecule has 0 aromatic rings. The van der Waals surface area contributed by atoms with Gasteiger partial charge in [0.05, 0.1) is 12.7 Å². The third-order valence-corrected chi connectivity index (χ3v) is 6.28. The second-order valence-electron chi connectivity index (χ2n) is 8.68. The molecule has 0 aliphatic heterocycles. The molecule has 182 valence electrons. The van der Waals surface area contributed by atoms with Crippen LogP contribution in [0.4, 0.5) is 0 Å². The first-order chi connectivity index (χ1) is 14.4. The Balaban J connectivity index is 3.38. The van der Waals surface area contributed by atoms with Gasteiger partial charge in [0.25, 0.3) is 0 Å². The second-order valence-corrected chi connectivity index (χ2v) is 9.88. The molecule has 0 bridgehead atoms. The van der Waals surface area contributed by atoms with E-state index in [-0.39, 0.29) is 0 Å². The van der Waals surface area contributed by atoms with Crippen molar-refractivity contribution in [3.63, 3.8) is 0 Å². The molecule has 0 aliphatic carbocycles. The third-order valence-electron chi connectivity index (χ3n) is 5.73. The monoisotopic (exact) mass is 452 g/mol. The van der Waals surface area contributed by atoms with Gasteiger partial charge in [-0.2, -0.15) is 0 Å². The van der Waals surface area contributed by atoms with Crippen molar-refractivity contribution < 1.29 is 29.1 Å². The van der Waals surface area contributed by atoms with Gasteiger partial charge in [0.1, 0.15) is 6.10 Å². The van der Waals surface area contributed by atoms with Crippen LogP contribution in [-0.2, 0) is 9.09 Å². The zero-order valence-corrected chi connectivity index (χ0v) is 20.2. The molecule has 0 saturated heterocycles. The Morgan fingerprint density at radius 2 is 1.00 bits per heavy atom. The summed E-state index contributed by atoms with van der Waals surface area (Å²) in [5, 5.41) is 18.6. The van der Waals surface area contributed by atoms with Crippen LogP contribution >= 0.6 is 7.82 Å². The highest BCUT2D eigenvalue weighted by molar-refractivity contribution is 7.46. The minimum atomic E-state index is -4.65. The van der Waals surface area contributed by atoms with Gasteiger partial charge in [0.15, 0.2) is 0 Å². The van der Waals surface area contributed by atoms with Gasteiger partial charge in [-0.3, -0.25) is 4.52 Å². The minimum absolute atomic E-state index is 0.339. The van der Waals surface area contributed by atoms with E-state index in [1.165, 1.54) is 96.3 Å². The highest BCUT2D eigenvalue weighted by Gasteiger charge is 2.27. The molecule has 0 fully saturated rings. The predicted octanol–water partition coefficient (Wildman–Crippen LogP) is 6.25. The molecule has 6 nitrogen and oxygen atoms in total. The lowest BCUT2D eigenvalue weighted by Crippen LogP contribution is -2.31. The molecule has 2 atom stereocenters. The number of aliphatic hydroxyl groups is 2. The summed E-state index contributed by atoms with van der Waals surface area (Å²) in [4.78, 5) is 17.8. The summed E-state index contributed by atoms with van der Waals surface area (Å²) in [5.41, 5.74) is 0. The number of rotatable bonds is 23. The van der Waals surface area contributed by atoms with Gasteiger partial charge in [-0.25, -0.2) is 4.57 Å². The van der Waals surface area contributed by atoms with Crippen molar-refractivity contribution in [3.8, 4) is 0 Å². The van der Waals surface area contributed by atoms with Crippen molar-refractivity contribution in [1.82, 2.24) is 0 Å². The summed E-state index contributed by atoms with van der Waals surface area (Å²) >= 11 is 0. The number of unbranched alkanes of at least 4 members (excludes halogenated alkanes) is 17. The molecule has 0 spiro atoms. The van der Waals surface area contributed by atoms with Crippen LogP contribution in [0.2, 0.25) is 0 Å². The molecule has 4 N–H and O–H groups in total. The van der Waals surface area contributed by atoms with Crippen molar-refractivity contribution in [2.45, 2.75) is 141 Å². The quantitative estimate of drug-likeness (QED) is 0.108. The fraction of sp³-hybridized carbons (Fsp3) is 1.00. The van der Waals surface area contributed by atoms with Crippen LogP contribution < -0.4 is 0 Å². The molecule has 0 heterocycles. The van der Waals surface area contributed by atoms with Gasteiger partial charge in [-0.05, 0) is 6.42 Å². The minimum Gasteiger partial charge on any atom is -0.394 e. The van der Waals surface area contributed by atoms with E-state index in [1.807, 2.05) is 0 Å². The number of aliphatic hydroxyl groups excluding tert-OH is 2. The molecule has 0 aromatic heterocycles. The van der Waals surface area contributed by atoms with Crippen LogP contribution in [0.25, 0.3) is 0 Å². The molecule has 7 heteroatoms. The number of hydrogen-bond acceptors (Lipinski definition) is 4. The molecule has 0 radical (unpaired) electrons. The molecular formula is C23H49O6P. The summed E-state index contributed by atoms with van der Waals surface area (Å²) in [6.45, 7) is 1.70. The van der Waals surface area contributed by atoms with Gasteiger partial charge in [0, 0.05) is 0 Å². The lowest BCUT2D eigenvalue weighted by atomic mass is 10.0. The first-order valence-electron chi connectivity index (χ1n) is 12.4. The van der Waals surface area contributed by atoms with Crippen LogP contribution in [0.5, 0.6) is 0 Å². The first kappa shape index (κ1) is 30.0. The Labute approximate surface area is 185 Å². The van der Waals surface area contributed by atoms with E-state index >= 15 is 0 Å². The Hall–Kier alpha value is 0.0300. The molecule has 0 aliphatic rings. The predicted molar refractivity (Wildman–Crippen MR) is 123 cm³/mol. The second kappa shape index (κ2) is 20.9. The highest BCUT2D eigenvalue weighted by Crippen LogP contribution is 2.39. The van der Waals surface area contributed by atoms with Crippen LogP contribution in [0.1, 0.15) is 129 Å². The third kappa shape index (κ3) is 21.3. The van der Waals surface area contributed by atoms with Crippen LogP contribution in [0.3, 0.4) is 0 Å². The highest BCUT2D eigenvalue weighted by atomic mass is 31.2. The van der Waals surface area contributed by atoms with Crippen molar-refractivity contribution in [2.24, 2.45) is 0 Å². The molecule has 2 unspecified atom stereocenters. The summed E-state index contributed by atoms with van der Waals surface area (Å²) in [5.74, 6) is 0. The van der Waals surface area contributed by atoms with Crippen molar-refractivity contribution in [1.29, 1.82) is 0 Å². The van der Waals surface area contributed by atoms with Crippen LogP contribution in [0, 0.1) is 0 Å². The summed E-state index contributed by atoms with van der Waals surface area (Å²) < 4.78 is 15.5. The van der Waals surface area contributed by atoms with E-state index in [9.17, 15) is 9.67 Å². The summed E-state index contributed by atoms with van der Waals surface area (Å²) in [6.07, 6.45) is 21.1. The van der Waals surface area contributed by atoms with Gasteiger partial charge >= 0.3 is 7.82 Å². The normalized spacial score (nSPS) is 14.2. The average Bonchev–Trinajstić information content (AvgIpc) is 2.70. The van der Waals surface area contributed by atoms with Gasteiger partial charge in [0.2, 0.25) is 0 Å². The Kier molecular flexibility index (Phi) is 20.9. The Bertz CT molecular complexity index is 401. The van der Waals surface area contributed by atoms with Gasteiger partial charge in [-0.1, -0.05) is 122 Å². The maximum absolute atomic E-state index is 10.9. The van der Waals surface area contributed by atoms with E-state index in [1.54, 1.807) is 0 Å². The van der Waals surface area contributed by atoms with E-state index in [4.69, 9.17) is 14.9 Å². The van der Waals surface area contributed by atoms with Crippen molar-refractivity contribution >= 4 is 7.82 Å². The molecule has 0 amide bonds. The smallest absolute Gasteiger partial charge is 0.394 e. The standard InChI is InChI=1S/C23H49O6P/c1-2-3-4-5-6-7-8-9-10-11-12-13-14-15-16-17-18-19-20-23(22(25)21-24)29-30(26,27)28/h22-25H,2-21H2,1H3,(H2,26,27,28). The number of hydrogen-bond donors (Lipinski definition) is 4. The van der Waals surface area contributed by atoms with E-state index in [0.29, 0.717) is 6.42 Å². The SMILES string of the molecule is CCCCCCCCCCCCCCCCCCCCC(OP(=O)(O)O)C(O)CO. The lowest BCUT2D eigenvalue weighted by molar-refractivity contribution is -0.0179.